The summed E-state index contributed by atoms with van der Waals surface area (Å²) in [5.41, 5.74) is 1.30. The van der Waals surface area contributed by atoms with Gasteiger partial charge < -0.3 is 19.1 Å². The smallest absolute Gasteiger partial charge is 0.415 e. The summed E-state index contributed by atoms with van der Waals surface area (Å²) in [4.78, 5) is 26.3. The van der Waals surface area contributed by atoms with Gasteiger partial charge in [0.25, 0.3) is 0 Å². The summed E-state index contributed by atoms with van der Waals surface area (Å²) in [7, 11) is 0. The highest BCUT2D eigenvalue weighted by atomic mass is 79.9. The van der Waals surface area contributed by atoms with Gasteiger partial charge in [0, 0.05) is 23.6 Å². The van der Waals surface area contributed by atoms with Gasteiger partial charge in [0.15, 0.2) is 5.76 Å². The van der Waals surface area contributed by atoms with E-state index in [0.29, 0.717) is 43.4 Å². The lowest BCUT2D eigenvalue weighted by Gasteiger charge is -2.25. The van der Waals surface area contributed by atoms with Gasteiger partial charge in [-0.15, -0.1) is 0 Å². The summed E-state index contributed by atoms with van der Waals surface area (Å²) in [5.74, 6) is 0.765. The largest absolute Gasteiger partial charge is 0.452 e. The van der Waals surface area contributed by atoms with Crippen LogP contribution in [0.25, 0.3) is 6.08 Å². The number of Topliss-reactive ketones (excluding diaryl/α,β-unsaturated/α-hetero) is 1. The van der Waals surface area contributed by atoms with E-state index in [9.17, 15) is 9.59 Å². The summed E-state index contributed by atoms with van der Waals surface area (Å²) in [6.07, 6.45) is 1.25. The zero-order valence-electron chi connectivity index (χ0n) is 14.3. The molecule has 2 aliphatic rings. The minimum atomic E-state index is -0.437. The van der Waals surface area contributed by atoms with Crippen molar-refractivity contribution in [1.29, 1.82) is 0 Å². The van der Waals surface area contributed by atoms with E-state index in [1.165, 1.54) is 0 Å². The number of hydrogen-bond donors (Lipinski definition) is 0. The fraction of sp³-hybridized carbons (Fsp3) is 0.200. The Morgan fingerprint density at radius 1 is 1.11 bits per heavy atom. The molecule has 0 aliphatic carbocycles. The Labute approximate surface area is 164 Å². The minimum absolute atomic E-state index is 0.195. The quantitative estimate of drug-likeness (QED) is 0.677. The molecule has 2 aromatic carbocycles. The molecule has 27 heavy (non-hydrogen) atoms. The standard InChI is InChI=1S/C20H16BrNO5/c21-14-3-1-13(2-4-14)11-18-19(23)16-6-5-15(12-17(16)27-18)26-20(24)22-7-9-25-10-8-22/h1-6,11-12H,7-10H2. The average Bonchev–Trinajstić information content (AvgIpc) is 2.99. The van der Waals surface area contributed by atoms with Crippen molar-refractivity contribution in [2.75, 3.05) is 26.3 Å². The molecule has 0 aromatic heterocycles. The van der Waals surface area contributed by atoms with Crippen molar-refractivity contribution in [3.05, 3.63) is 63.8 Å². The topological polar surface area (TPSA) is 65.1 Å². The van der Waals surface area contributed by atoms with Crippen molar-refractivity contribution >= 4 is 33.9 Å². The molecule has 2 aliphatic heterocycles. The maximum absolute atomic E-state index is 12.5. The summed E-state index contributed by atoms with van der Waals surface area (Å²) in [5, 5.41) is 0. The van der Waals surface area contributed by atoms with Crippen LogP contribution in [0.3, 0.4) is 0 Å². The van der Waals surface area contributed by atoms with Crippen molar-refractivity contribution in [2.24, 2.45) is 0 Å². The molecule has 7 heteroatoms. The summed E-state index contributed by atoms with van der Waals surface area (Å²) in [6.45, 7) is 2.00. The third kappa shape index (κ3) is 3.89. The average molecular weight is 430 g/mol. The second-order valence-corrected chi connectivity index (χ2v) is 7.03. The molecule has 2 heterocycles. The zero-order chi connectivity index (χ0) is 18.8. The number of morpholine rings is 1. The molecule has 0 spiro atoms. The van der Waals surface area contributed by atoms with Crippen LogP contribution in [-0.2, 0) is 4.74 Å². The molecule has 0 saturated carbocycles. The number of amides is 1. The van der Waals surface area contributed by atoms with Crippen LogP contribution < -0.4 is 9.47 Å². The lowest BCUT2D eigenvalue weighted by Crippen LogP contribution is -2.42. The van der Waals surface area contributed by atoms with E-state index in [1.54, 1.807) is 29.2 Å². The van der Waals surface area contributed by atoms with Gasteiger partial charge in [-0.2, -0.15) is 0 Å². The van der Waals surface area contributed by atoms with Crippen LogP contribution in [0.15, 0.2) is 52.7 Å². The van der Waals surface area contributed by atoms with E-state index in [1.807, 2.05) is 24.3 Å². The summed E-state index contributed by atoms with van der Waals surface area (Å²) >= 11 is 3.38. The predicted molar refractivity (Wildman–Crippen MR) is 102 cm³/mol. The van der Waals surface area contributed by atoms with E-state index >= 15 is 0 Å². The number of hydrogen-bond acceptors (Lipinski definition) is 5. The first-order valence-electron chi connectivity index (χ1n) is 8.48. The van der Waals surface area contributed by atoms with Crippen molar-refractivity contribution in [1.82, 2.24) is 4.90 Å². The molecular formula is C20H16BrNO5. The van der Waals surface area contributed by atoms with E-state index in [-0.39, 0.29) is 11.5 Å². The maximum atomic E-state index is 12.5. The van der Waals surface area contributed by atoms with Gasteiger partial charge in [0.2, 0.25) is 5.78 Å². The van der Waals surface area contributed by atoms with Gasteiger partial charge in [0.05, 0.1) is 18.8 Å². The fourth-order valence-electron chi connectivity index (χ4n) is 2.85. The molecule has 138 valence electrons. The summed E-state index contributed by atoms with van der Waals surface area (Å²) < 4.78 is 17.3. The molecule has 0 bridgehead atoms. The zero-order valence-corrected chi connectivity index (χ0v) is 15.9. The second-order valence-electron chi connectivity index (χ2n) is 6.12. The first-order chi connectivity index (χ1) is 13.1. The van der Waals surface area contributed by atoms with Crippen LogP contribution in [-0.4, -0.2) is 43.1 Å². The Hall–Kier alpha value is -2.64. The van der Waals surface area contributed by atoms with Crippen LogP contribution in [0.1, 0.15) is 15.9 Å². The Bertz CT molecular complexity index is 916. The molecular weight excluding hydrogens is 414 g/mol. The molecule has 0 radical (unpaired) electrons. The first kappa shape index (κ1) is 17.8. The van der Waals surface area contributed by atoms with E-state index < -0.39 is 6.09 Å². The predicted octanol–water partition coefficient (Wildman–Crippen LogP) is 3.90. The molecule has 1 fully saturated rings. The highest BCUT2D eigenvalue weighted by Gasteiger charge is 2.28. The van der Waals surface area contributed by atoms with E-state index in [2.05, 4.69) is 15.9 Å². The molecule has 0 unspecified atom stereocenters. The number of fused-ring (bicyclic) bond motifs is 1. The van der Waals surface area contributed by atoms with Crippen LogP contribution >= 0.6 is 15.9 Å². The molecule has 2 aromatic rings. The van der Waals surface area contributed by atoms with Gasteiger partial charge in [-0.1, -0.05) is 28.1 Å². The Kier molecular flexibility index (Phi) is 4.96. The van der Waals surface area contributed by atoms with Crippen molar-refractivity contribution in [2.45, 2.75) is 0 Å². The number of ketones is 1. The van der Waals surface area contributed by atoms with Gasteiger partial charge in [-0.3, -0.25) is 4.79 Å². The number of ether oxygens (including phenoxy) is 3. The summed E-state index contributed by atoms with van der Waals surface area (Å²) in [6, 6.07) is 12.3. The molecule has 1 saturated heterocycles. The van der Waals surface area contributed by atoms with E-state index in [4.69, 9.17) is 14.2 Å². The molecule has 4 rings (SSSR count). The van der Waals surface area contributed by atoms with E-state index in [0.717, 1.165) is 10.0 Å². The van der Waals surface area contributed by atoms with Gasteiger partial charge in [-0.05, 0) is 35.9 Å². The van der Waals surface area contributed by atoms with Crippen molar-refractivity contribution < 1.29 is 23.8 Å². The van der Waals surface area contributed by atoms with Crippen LogP contribution in [0, 0.1) is 0 Å². The Balaban J connectivity index is 1.50. The van der Waals surface area contributed by atoms with Gasteiger partial charge in [0.1, 0.15) is 11.5 Å². The van der Waals surface area contributed by atoms with Crippen molar-refractivity contribution in [3.8, 4) is 11.5 Å². The fourth-order valence-corrected chi connectivity index (χ4v) is 3.12. The van der Waals surface area contributed by atoms with Gasteiger partial charge >= 0.3 is 6.09 Å². The Morgan fingerprint density at radius 2 is 1.85 bits per heavy atom. The number of carbonyl (C=O) groups is 2. The number of nitrogens with zero attached hydrogens (tertiary/aromatic N) is 1. The van der Waals surface area contributed by atoms with Crippen LogP contribution in [0.4, 0.5) is 4.79 Å². The lowest BCUT2D eigenvalue weighted by molar-refractivity contribution is 0.0416. The second kappa shape index (κ2) is 7.54. The van der Waals surface area contributed by atoms with Crippen molar-refractivity contribution in [3.63, 3.8) is 0 Å². The minimum Gasteiger partial charge on any atom is -0.452 e. The normalized spacial score (nSPS) is 17.6. The molecule has 0 atom stereocenters. The molecule has 1 amide bonds. The van der Waals surface area contributed by atoms with Gasteiger partial charge in [-0.25, -0.2) is 4.79 Å². The number of carbonyl (C=O) groups excluding carboxylic acids is 2. The molecule has 0 N–H and O–H groups in total. The third-order valence-corrected chi connectivity index (χ3v) is 4.81. The number of allylic oxidation sites excluding steroid dienone is 1. The Morgan fingerprint density at radius 3 is 2.59 bits per heavy atom. The SMILES string of the molecule is O=C1C(=Cc2ccc(Br)cc2)Oc2cc(OC(=O)N3CCOCC3)ccc21. The number of benzene rings is 2. The number of halogens is 1. The lowest BCUT2D eigenvalue weighted by atomic mass is 10.1. The maximum Gasteiger partial charge on any atom is 0.415 e. The third-order valence-electron chi connectivity index (χ3n) is 4.28. The highest BCUT2D eigenvalue weighted by Crippen LogP contribution is 2.35. The highest BCUT2D eigenvalue weighted by molar-refractivity contribution is 9.10. The first-order valence-corrected chi connectivity index (χ1v) is 9.28. The molecule has 6 nitrogen and oxygen atoms in total. The number of rotatable bonds is 2. The monoisotopic (exact) mass is 429 g/mol. The van der Waals surface area contributed by atoms with Crippen LogP contribution in [0.2, 0.25) is 0 Å². The van der Waals surface area contributed by atoms with Crippen LogP contribution in [0.5, 0.6) is 11.5 Å².